The largest absolute Gasteiger partial charge is 0.454 e. The molecule has 2 nitrogen and oxygen atoms in total. The Kier molecular flexibility index (Phi) is 6.39. The fourth-order valence-electron chi connectivity index (χ4n) is 7.37. The number of furan rings is 1. The molecule has 0 saturated carbocycles. The minimum absolute atomic E-state index is 0.874. The summed E-state index contributed by atoms with van der Waals surface area (Å²) in [6, 6.07) is 63.2. The zero-order chi connectivity index (χ0) is 32.3. The van der Waals surface area contributed by atoms with Gasteiger partial charge in [0, 0.05) is 42.0 Å². The van der Waals surface area contributed by atoms with Gasteiger partial charge in [-0.1, -0.05) is 127 Å². The summed E-state index contributed by atoms with van der Waals surface area (Å²) in [7, 11) is 0. The number of anilines is 3. The Labute approximate surface area is 287 Å². The summed E-state index contributed by atoms with van der Waals surface area (Å²) in [6.45, 7) is 0. The average Bonchev–Trinajstić information content (AvgIpc) is 3.74. The quantitative estimate of drug-likeness (QED) is 0.186. The summed E-state index contributed by atoms with van der Waals surface area (Å²) in [5, 5.41) is 7.24. The lowest BCUT2D eigenvalue weighted by Crippen LogP contribution is -2.11. The van der Waals surface area contributed by atoms with E-state index < -0.39 is 0 Å². The van der Waals surface area contributed by atoms with E-state index in [-0.39, 0.29) is 0 Å². The van der Waals surface area contributed by atoms with Crippen LogP contribution in [0.1, 0.15) is 0 Å². The van der Waals surface area contributed by atoms with Crippen molar-refractivity contribution >= 4 is 81.3 Å². The number of hydrogen-bond donors (Lipinski definition) is 0. The van der Waals surface area contributed by atoms with E-state index in [1.54, 1.807) is 0 Å². The van der Waals surface area contributed by atoms with Gasteiger partial charge in [0.15, 0.2) is 5.58 Å². The van der Waals surface area contributed by atoms with Crippen molar-refractivity contribution in [3.63, 3.8) is 0 Å². The third-order valence-corrected chi connectivity index (χ3v) is 10.8. The van der Waals surface area contributed by atoms with Crippen LogP contribution >= 0.6 is 11.3 Å². The molecule has 0 amide bonds. The van der Waals surface area contributed by atoms with Gasteiger partial charge in [0.2, 0.25) is 0 Å². The molecule has 0 unspecified atom stereocenters. The second-order valence-corrected chi connectivity index (χ2v) is 13.6. The summed E-state index contributed by atoms with van der Waals surface area (Å²) in [5.74, 6) is 0. The van der Waals surface area contributed by atoms with E-state index in [2.05, 4.69) is 175 Å². The molecule has 3 heteroatoms. The van der Waals surface area contributed by atoms with Crippen LogP contribution in [-0.2, 0) is 0 Å². The number of rotatable bonds is 5. The molecule has 49 heavy (non-hydrogen) atoms. The molecule has 0 fully saturated rings. The topological polar surface area (TPSA) is 16.4 Å². The standard InChI is InChI=1S/C46H29NOS/c1-2-11-30(12-3-1)31-21-24-33(25-22-31)47(42-18-10-17-39-37-15-6-8-19-43(37)48-46(39)42)41-27-26-34(35-13-4-5-14-36(35)41)32-23-28-45-40(29-32)38-16-7-9-20-44(38)49-45/h1-29H. The lowest BCUT2D eigenvalue weighted by Gasteiger charge is -2.27. The van der Waals surface area contributed by atoms with Crippen molar-refractivity contribution in [1.82, 2.24) is 0 Å². The molecular weight excluding hydrogens is 615 g/mol. The van der Waals surface area contributed by atoms with E-state index in [9.17, 15) is 0 Å². The first kappa shape index (κ1) is 27.9. The fraction of sp³-hybridized carbons (Fsp3) is 0. The van der Waals surface area contributed by atoms with Crippen LogP contribution in [-0.4, -0.2) is 0 Å². The van der Waals surface area contributed by atoms with Crippen LogP contribution in [0, 0.1) is 0 Å². The monoisotopic (exact) mass is 643 g/mol. The van der Waals surface area contributed by atoms with Crippen molar-refractivity contribution in [2.24, 2.45) is 0 Å². The van der Waals surface area contributed by atoms with Crippen LogP contribution in [0.4, 0.5) is 17.1 Å². The average molecular weight is 644 g/mol. The van der Waals surface area contributed by atoms with Crippen LogP contribution < -0.4 is 4.90 Å². The molecule has 230 valence electrons. The van der Waals surface area contributed by atoms with Gasteiger partial charge in [0.25, 0.3) is 0 Å². The van der Waals surface area contributed by atoms with Gasteiger partial charge in [-0.15, -0.1) is 11.3 Å². The highest BCUT2D eigenvalue weighted by Gasteiger charge is 2.22. The van der Waals surface area contributed by atoms with Gasteiger partial charge in [-0.05, 0) is 76.2 Å². The van der Waals surface area contributed by atoms with Gasteiger partial charge in [0.05, 0.1) is 11.4 Å². The molecule has 0 aliphatic carbocycles. The third kappa shape index (κ3) is 4.55. The zero-order valence-electron chi connectivity index (χ0n) is 26.5. The summed E-state index contributed by atoms with van der Waals surface area (Å²) in [6.07, 6.45) is 0. The molecule has 0 spiro atoms. The van der Waals surface area contributed by atoms with Gasteiger partial charge in [0.1, 0.15) is 5.58 Å². The molecule has 2 aromatic heterocycles. The smallest absolute Gasteiger partial charge is 0.159 e. The number of para-hydroxylation sites is 2. The van der Waals surface area contributed by atoms with E-state index in [1.807, 2.05) is 17.4 Å². The number of hydrogen-bond acceptors (Lipinski definition) is 3. The maximum atomic E-state index is 6.63. The third-order valence-electron chi connectivity index (χ3n) is 9.69. The van der Waals surface area contributed by atoms with Crippen LogP contribution in [0.2, 0.25) is 0 Å². The second kappa shape index (κ2) is 11.2. The number of benzene rings is 8. The Morgan fingerprint density at radius 1 is 0.388 bits per heavy atom. The van der Waals surface area contributed by atoms with Crippen LogP contribution in [0.3, 0.4) is 0 Å². The van der Waals surface area contributed by atoms with Crippen molar-refractivity contribution in [3.8, 4) is 22.3 Å². The second-order valence-electron chi connectivity index (χ2n) is 12.5. The van der Waals surface area contributed by atoms with Crippen LogP contribution in [0.25, 0.3) is 75.1 Å². The van der Waals surface area contributed by atoms with Crippen molar-refractivity contribution in [2.75, 3.05) is 4.90 Å². The lowest BCUT2D eigenvalue weighted by atomic mass is 9.95. The maximum Gasteiger partial charge on any atom is 0.159 e. The first-order valence-electron chi connectivity index (χ1n) is 16.6. The van der Waals surface area contributed by atoms with E-state index >= 15 is 0 Å². The molecule has 0 atom stereocenters. The summed E-state index contributed by atoms with van der Waals surface area (Å²) >= 11 is 1.86. The first-order valence-corrected chi connectivity index (χ1v) is 17.4. The van der Waals surface area contributed by atoms with Gasteiger partial charge in [-0.3, -0.25) is 0 Å². The highest BCUT2D eigenvalue weighted by atomic mass is 32.1. The van der Waals surface area contributed by atoms with Crippen molar-refractivity contribution < 1.29 is 4.42 Å². The van der Waals surface area contributed by atoms with Gasteiger partial charge in [-0.2, -0.15) is 0 Å². The first-order chi connectivity index (χ1) is 24.3. The van der Waals surface area contributed by atoms with Crippen LogP contribution in [0.15, 0.2) is 180 Å². The van der Waals surface area contributed by atoms with E-state index in [1.165, 1.54) is 53.2 Å². The molecule has 2 heterocycles. The molecule has 0 aliphatic heterocycles. The van der Waals surface area contributed by atoms with Crippen molar-refractivity contribution in [1.29, 1.82) is 0 Å². The predicted octanol–water partition coefficient (Wildman–Crippen LogP) is 13.9. The SMILES string of the molecule is c1ccc(-c2ccc(N(c3ccc(-c4ccc5sc6ccccc6c5c4)c4ccccc34)c3cccc4c3oc3ccccc34)cc2)cc1. The molecule has 10 aromatic rings. The molecule has 0 aliphatic rings. The Hall–Kier alpha value is -6.16. The van der Waals surface area contributed by atoms with Gasteiger partial charge >= 0.3 is 0 Å². The molecule has 0 saturated heterocycles. The van der Waals surface area contributed by atoms with Gasteiger partial charge in [-0.25, -0.2) is 0 Å². The van der Waals surface area contributed by atoms with Crippen LogP contribution in [0.5, 0.6) is 0 Å². The zero-order valence-corrected chi connectivity index (χ0v) is 27.3. The number of nitrogens with zero attached hydrogens (tertiary/aromatic N) is 1. The molecule has 8 aromatic carbocycles. The minimum atomic E-state index is 0.874. The summed E-state index contributed by atoms with van der Waals surface area (Å²) < 4.78 is 9.27. The number of thiophene rings is 1. The Bertz CT molecular complexity index is 2830. The summed E-state index contributed by atoms with van der Waals surface area (Å²) in [4.78, 5) is 2.36. The molecule has 10 rings (SSSR count). The molecule has 0 radical (unpaired) electrons. The van der Waals surface area contributed by atoms with Crippen molar-refractivity contribution in [3.05, 3.63) is 176 Å². The Morgan fingerprint density at radius 2 is 1.04 bits per heavy atom. The van der Waals surface area contributed by atoms with E-state index in [4.69, 9.17) is 4.42 Å². The predicted molar refractivity (Wildman–Crippen MR) is 210 cm³/mol. The fourth-order valence-corrected chi connectivity index (χ4v) is 8.46. The van der Waals surface area contributed by atoms with E-state index in [0.717, 1.165) is 39.0 Å². The Balaban J connectivity index is 1.20. The Morgan fingerprint density at radius 3 is 1.90 bits per heavy atom. The lowest BCUT2D eigenvalue weighted by molar-refractivity contribution is 0.669. The van der Waals surface area contributed by atoms with E-state index in [0.29, 0.717) is 0 Å². The highest BCUT2D eigenvalue weighted by molar-refractivity contribution is 7.25. The minimum Gasteiger partial charge on any atom is -0.454 e. The molecule has 0 N–H and O–H groups in total. The highest BCUT2D eigenvalue weighted by Crippen LogP contribution is 2.46. The summed E-state index contributed by atoms with van der Waals surface area (Å²) in [5.41, 5.74) is 9.76. The normalized spacial score (nSPS) is 11.7. The molecular formula is C46H29NOS. The van der Waals surface area contributed by atoms with Gasteiger partial charge < -0.3 is 9.32 Å². The van der Waals surface area contributed by atoms with Crippen molar-refractivity contribution in [2.45, 2.75) is 0 Å². The maximum absolute atomic E-state index is 6.63. The number of fused-ring (bicyclic) bond motifs is 7. The molecule has 0 bridgehead atoms.